The molecule has 13 aliphatic heterocycles. The topological polar surface area (TPSA) is 999 Å². The average molecular weight is 2040 g/mol. The van der Waals surface area contributed by atoms with Gasteiger partial charge in [0.2, 0.25) is 0 Å². The van der Waals surface area contributed by atoms with Gasteiger partial charge < -0.3 is 312 Å². The summed E-state index contributed by atoms with van der Waals surface area (Å²) in [5, 5.41) is 418. The fourth-order valence-electron chi connectivity index (χ4n) is 17.8. The predicted octanol–water partition coefficient (Wildman–Crippen LogP) is -27.4. The molecule has 138 heavy (non-hydrogen) atoms. The molecule has 13 rings (SSSR count). The molecule has 0 aromatic carbocycles. The molecular weight excluding hydrogens is 1910 g/mol. The molecule has 1 unspecified atom stereocenters. The summed E-state index contributed by atoms with van der Waals surface area (Å²) < 4.78 is 143. The Morgan fingerprint density at radius 2 is 0.312 bits per heavy atom. The first kappa shape index (κ1) is 113. The van der Waals surface area contributed by atoms with Crippen molar-refractivity contribution in [3.05, 3.63) is 0 Å². The van der Waals surface area contributed by atoms with Gasteiger partial charge in [0.25, 0.3) is 0 Å². The standard InChI is InChI=1S/C75H126O63/c76-1-17-30(89)31(90)45(104)67(121-17)131-55-19(3-78)122-68(46(105)33(55)92)132-56-20(4-79)123-69(47(106)34(56)93)133-57-21(5-80)124-70(48(107)35(57)94)134-58-22(6-81)125-71(49(108)36(58)95)135-59-23(7-82)126-72(50(109)37(59)96)136-60-24(11-117-64-42(101)27(86)14(83)8-114-64)128-74(52(111)39(60)98)138-62-26(13-119-66-44(103)29(88)16(85)10-116-66)129-75(53(112)40(62)99)137-61-25(12-118-65-43(102)28(87)15(84)9-115-65)127-73(51(110)38(61)97)130-54-18(2-77)120-63(113)41(100)32(54)91/h14-113H,1-13H2/t14-,15-,16-,17-,18-,19-,20-,21-,22-,23-,24-,25-,26-,27+,28+,29+,30-,31+,32-,33-,34-,35-,36-,37-,38-,39-,40-,41-,42+,43-,44-,45-,46-,47-,48-,49-,50-,51-,52-,53-,54-,55-,56-,57-,58-,59-,60-,61-,62-,63?,64-,65-,66-,67+,68+,69+,70+,71+,72+,73+,74+,75+/m1/s1. The molecule has 0 bridgehead atoms. The van der Waals surface area contributed by atoms with Crippen LogP contribution in [0.5, 0.6) is 0 Å². The molecule has 0 radical (unpaired) electrons. The van der Waals surface area contributed by atoms with Crippen LogP contribution >= 0.6 is 0 Å². The predicted molar refractivity (Wildman–Crippen MR) is 410 cm³/mol. The molecule has 13 saturated heterocycles. The zero-order valence-corrected chi connectivity index (χ0v) is 72.2. The largest absolute Gasteiger partial charge is 0.394 e. The Kier molecular flexibility index (Phi) is 39.9. The summed E-state index contributed by atoms with van der Waals surface area (Å²) in [7, 11) is 0. The van der Waals surface area contributed by atoms with Crippen molar-refractivity contribution in [2.45, 2.75) is 381 Å². The van der Waals surface area contributed by atoms with Crippen molar-refractivity contribution in [1.29, 1.82) is 0 Å². The van der Waals surface area contributed by atoms with Crippen LogP contribution in [0.3, 0.4) is 0 Å². The van der Waals surface area contributed by atoms with E-state index in [0.29, 0.717) is 0 Å². The van der Waals surface area contributed by atoms with Crippen LogP contribution in [0.2, 0.25) is 0 Å². The van der Waals surface area contributed by atoms with E-state index >= 15 is 0 Å². The lowest BCUT2D eigenvalue weighted by atomic mass is 9.95. The van der Waals surface area contributed by atoms with Gasteiger partial charge in [-0.1, -0.05) is 0 Å². The van der Waals surface area contributed by atoms with Gasteiger partial charge in [0.15, 0.2) is 81.8 Å². The van der Waals surface area contributed by atoms with Crippen LogP contribution in [0.1, 0.15) is 0 Å². The quantitative estimate of drug-likeness (QED) is 0.0284. The van der Waals surface area contributed by atoms with Gasteiger partial charge >= 0.3 is 0 Å². The summed E-state index contributed by atoms with van der Waals surface area (Å²) in [5.41, 5.74) is 0. The fourth-order valence-corrected chi connectivity index (χ4v) is 17.8. The maximum absolute atomic E-state index is 12.3. The van der Waals surface area contributed by atoms with Crippen LogP contribution in [0, 0.1) is 0 Å². The van der Waals surface area contributed by atoms with Gasteiger partial charge in [0.1, 0.15) is 299 Å². The van der Waals surface area contributed by atoms with E-state index in [1.165, 1.54) is 0 Å². The van der Waals surface area contributed by atoms with Gasteiger partial charge in [-0.05, 0) is 0 Å². The molecule has 0 aliphatic carbocycles. The zero-order valence-electron chi connectivity index (χ0n) is 72.2. The monoisotopic (exact) mass is 2030 g/mol. The molecule has 13 heterocycles. The highest BCUT2D eigenvalue weighted by molar-refractivity contribution is 5.05. The summed E-state index contributed by atoms with van der Waals surface area (Å²) in [6.07, 6.45) is -130. The zero-order chi connectivity index (χ0) is 101. The van der Waals surface area contributed by atoms with Crippen LogP contribution in [0.25, 0.3) is 0 Å². The molecule has 0 saturated carbocycles. The van der Waals surface area contributed by atoms with E-state index in [2.05, 4.69) is 0 Å². The summed E-state index contributed by atoms with van der Waals surface area (Å²) in [5.74, 6) is 0. The molecule has 0 aromatic heterocycles. The number of rotatable bonds is 34. The number of aliphatic hydroxyl groups is 38. The van der Waals surface area contributed by atoms with Gasteiger partial charge in [-0.25, -0.2) is 0 Å². The molecule has 63 nitrogen and oxygen atoms in total. The highest BCUT2D eigenvalue weighted by Crippen LogP contribution is 2.42. The first-order valence-electron chi connectivity index (χ1n) is 44.0. The van der Waals surface area contributed by atoms with Crippen molar-refractivity contribution in [3.8, 4) is 0 Å². The van der Waals surface area contributed by atoms with Crippen molar-refractivity contribution >= 4 is 0 Å². The van der Waals surface area contributed by atoms with Crippen molar-refractivity contribution in [2.24, 2.45) is 0 Å². The Hall–Kier alpha value is -2.52. The third-order valence-corrected chi connectivity index (χ3v) is 26.0. The van der Waals surface area contributed by atoms with Crippen LogP contribution in [0.15, 0.2) is 0 Å². The molecule has 0 amide bonds. The molecule has 38 N–H and O–H groups in total. The molecule has 804 valence electrons. The van der Waals surface area contributed by atoms with Crippen LogP contribution in [0.4, 0.5) is 0 Å². The van der Waals surface area contributed by atoms with Gasteiger partial charge in [0, 0.05) is 0 Å². The van der Waals surface area contributed by atoms with E-state index in [1.807, 2.05) is 0 Å². The molecule has 63 heteroatoms. The fraction of sp³-hybridized carbons (Fsp3) is 1.00. The van der Waals surface area contributed by atoms with E-state index in [0.717, 1.165) is 0 Å². The lowest BCUT2D eigenvalue weighted by molar-refractivity contribution is -0.403. The van der Waals surface area contributed by atoms with Gasteiger partial charge in [-0.2, -0.15) is 0 Å². The third kappa shape index (κ3) is 23.8. The third-order valence-electron chi connectivity index (χ3n) is 26.0. The van der Waals surface area contributed by atoms with Crippen molar-refractivity contribution < 1.29 is 312 Å². The molecular formula is C75H126O63. The van der Waals surface area contributed by atoms with Crippen LogP contribution in [-0.2, 0) is 118 Å². The van der Waals surface area contributed by atoms with E-state index < -0.39 is 467 Å². The first-order valence-corrected chi connectivity index (χ1v) is 44.0. The number of ether oxygens (including phenoxy) is 25. The minimum absolute atomic E-state index is 0.638. The second-order valence-corrected chi connectivity index (χ2v) is 35.2. The highest BCUT2D eigenvalue weighted by Gasteiger charge is 2.63. The molecule has 13 fully saturated rings. The van der Waals surface area contributed by atoms with Gasteiger partial charge in [-0.15, -0.1) is 0 Å². The smallest absolute Gasteiger partial charge is 0.187 e. The van der Waals surface area contributed by atoms with E-state index in [9.17, 15) is 194 Å². The Balaban J connectivity index is 0.663. The maximum Gasteiger partial charge on any atom is 0.187 e. The SMILES string of the molecule is OC[C@H]1O[C@@H](O[C@H]2[C@H](O)[C@@H](O)[C@H](O[C@H]3[C@H](O)[C@@H](O)[C@H](O[C@H]4[C@H](O)[C@@H](O)[C@H](O[C@H]5[C@H](O)[C@@H](O)[C@H](O[C@H]6[C@H](O)[C@@H](O)[C@H](O[C@H]7[C@H](O)[C@@H](O)[C@H](O[C@H]8[C@H](O)[C@@H](O)[C@H](O[C@H]9[C@H](O)[C@@H](O)[C@H](O[C@H]%10[C@H](O)[C@@H](O)C(O)O[C@@H]%10CO)O[C@@H]9CO[C@H]9OC[C@@H](O)[C@H](O)[C@H]9O)O[C@@H]8CO[C@H]8OC[C@@H](O)[C@H](O)[C@H]8O)O[C@@H]7CO[C@H]7OC[C@@H](O)[C@H](O)[C@@H]7O)O[C@@H]6CO)O[C@@H]5CO)O[C@@H]4CO)O[C@@H]3CO)O[C@@H]2CO)[C@H](O)[C@@H](O)[C@@H]1O. The summed E-state index contributed by atoms with van der Waals surface area (Å²) in [4.78, 5) is 0. The molecule has 13 aliphatic rings. The van der Waals surface area contributed by atoms with Crippen molar-refractivity contribution in [3.63, 3.8) is 0 Å². The van der Waals surface area contributed by atoms with Gasteiger partial charge in [-0.3, -0.25) is 0 Å². The second kappa shape index (κ2) is 48.8. The number of aliphatic hydroxyl groups excluding tert-OH is 38. The Labute approximate surface area is 777 Å². The lowest BCUT2D eigenvalue weighted by Gasteiger charge is -2.50. The Bertz CT molecular complexity index is 3620. The maximum atomic E-state index is 12.3. The molecule has 0 spiro atoms. The summed E-state index contributed by atoms with van der Waals surface area (Å²) in [6.45, 7) is -12.9. The second-order valence-electron chi connectivity index (χ2n) is 35.2. The Morgan fingerprint density at radius 3 is 0.514 bits per heavy atom. The van der Waals surface area contributed by atoms with Crippen LogP contribution < -0.4 is 0 Å². The van der Waals surface area contributed by atoms with Crippen molar-refractivity contribution in [2.75, 3.05) is 85.9 Å². The number of hydrogen-bond donors (Lipinski definition) is 38. The van der Waals surface area contributed by atoms with Gasteiger partial charge in [0.05, 0.1) is 85.9 Å². The molecule has 62 atom stereocenters. The minimum Gasteiger partial charge on any atom is -0.394 e. The van der Waals surface area contributed by atoms with E-state index in [4.69, 9.17) is 118 Å². The first-order chi connectivity index (χ1) is 65.5. The number of hydrogen-bond acceptors (Lipinski definition) is 63. The summed E-state index contributed by atoms with van der Waals surface area (Å²) in [6, 6.07) is 0. The van der Waals surface area contributed by atoms with E-state index in [1.54, 1.807) is 0 Å². The lowest BCUT2D eigenvalue weighted by Crippen LogP contribution is -2.69. The normalized spacial score (nSPS) is 54.0. The van der Waals surface area contributed by atoms with E-state index in [-0.39, 0.29) is 0 Å². The summed E-state index contributed by atoms with van der Waals surface area (Å²) >= 11 is 0. The molecule has 0 aromatic rings. The van der Waals surface area contributed by atoms with Crippen LogP contribution in [-0.4, -0.2) is 661 Å². The van der Waals surface area contributed by atoms with Crippen molar-refractivity contribution in [1.82, 2.24) is 0 Å². The minimum atomic E-state index is -2.55. The Morgan fingerprint density at radius 1 is 0.152 bits per heavy atom. The average Bonchev–Trinajstić information content (AvgIpc) is 0.766. The highest BCUT2D eigenvalue weighted by atomic mass is 16.8.